The van der Waals surface area contributed by atoms with Crippen LogP contribution in [0, 0.1) is 5.92 Å². The first-order valence-corrected chi connectivity index (χ1v) is 12.6. The van der Waals surface area contributed by atoms with Crippen molar-refractivity contribution in [3.63, 3.8) is 0 Å². The monoisotopic (exact) mass is 422 g/mol. The van der Waals surface area contributed by atoms with Crippen molar-refractivity contribution < 1.29 is 13.2 Å². The Bertz CT molecular complexity index is 936. The fourth-order valence-electron chi connectivity index (χ4n) is 4.94. The summed E-state index contributed by atoms with van der Waals surface area (Å²) >= 11 is 0. The van der Waals surface area contributed by atoms with E-state index in [1.165, 1.54) is 17.0 Å². The predicted octanol–water partition coefficient (Wildman–Crippen LogP) is 1.72. The molecule has 0 unspecified atom stereocenters. The fourth-order valence-corrected chi connectivity index (χ4v) is 5.72. The Morgan fingerprint density at radius 3 is 2.52 bits per heavy atom. The third-order valence-electron chi connectivity index (χ3n) is 6.58. The third-order valence-corrected chi connectivity index (χ3v) is 7.83. The highest BCUT2D eigenvalue weighted by Crippen LogP contribution is 2.34. The van der Waals surface area contributed by atoms with Gasteiger partial charge in [0.1, 0.15) is 5.82 Å². The second kappa shape index (κ2) is 8.18. The summed E-state index contributed by atoms with van der Waals surface area (Å²) in [5.74, 6) is 0.773. The molecule has 0 spiro atoms. The number of rotatable bonds is 3. The lowest BCUT2D eigenvalue weighted by Gasteiger charge is -2.38. The van der Waals surface area contributed by atoms with Gasteiger partial charge in [-0.15, -0.1) is 0 Å². The van der Waals surface area contributed by atoms with Crippen LogP contribution in [-0.4, -0.2) is 52.8 Å². The smallest absolute Gasteiger partial charge is 0.254 e. The minimum atomic E-state index is -3.34. The van der Waals surface area contributed by atoms with Crippen LogP contribution in [0.3, 0.4) is 0 Å². The van der Waals surface area contributed by atoms with Crippen LogP contribution in [0.1, 0.15) is 74.5 Å². The van der Waals surface area contributed by atoms with Gasteiger partial charge in [0.2, 0.25) is 15.9 Å². The maximum absolute atomic E-state index is 13.2. The van der Waals surface area contributed by atoms with Crippen molar-refractivity contribution in [2.45, 2.75) is 70.4 Å². The number of fused-ring (bicyclic) bond motifs is 1. The molecule has 1 amide bonds. The van der Waals surface area contributed by atoms with E-state index in [2.05, 4.69) is 9.97 Å². The highest BCUT2D eigenvalue weighted by atomic mass is 32.2. The molecule has 2 aliphatic heterocycles. The molecule has 0 bridgehead atoms. The number of H-pyrrole nitrogens is 1. The average Bonchev–Trinajstić information content (AvgIpc) is 2.73. The molecule has 29 heavy (non-hydrogen) atoms. The van der Waals surface area contributed by atoms with Gasteiger partial charge in [-0.05, 0) is 38.5 Å². The van der Waals surface area contributed by atoms with Gasteiger partial charge in [-0.25, -0.2) is 13.4 Å². The molecular weight excluding hydrogens is 392 g/mol. The summed E-state index contributed by atoms with van der Waals surface area (Å²) in [6.45, 7) is 1.11. The predicted molar refractivity (Wildman–Crippen MR) is 109 cm³/mol. The maximum atomic E-state index is 13.2. The molecule has 8 nitrogen and oxygen atoms in total. The van der Waals surface area contributed by atoms with E-state index in [4.69, 9.17) is 0 Å². The number of aromatic nitrogens is 2. The molecule has 3 aliphatic rings. The number of hydrogen-bond acceptors (Lipinski definition) is 5. The molecule has 1 aromatic rings. The third kappa shape index (κ3) is 4.26. The molecule has 1 saturated carbocycles. The van der Waals surface area contributed by atoms with Crippen molar-refractivity contribution in [3.8, 4) is 0 Å². The quantitative estimate of drug-likeness (QED) is 0.799. The summed E-state index contributed by atoms with van der Waals surface area (Å²) in [6, 6.07) is -0.232. The van der Waals surface area contributed by atoms with Crippen LogP contribution in [-0.2, 0) is 27.8 Å². The van der Waals surface area contributed by atoms with E-state index >= 15 is 0 Å². The van der Waals surface area contributed by atoms with E-state index in [0.29, 0.717) is 36.6 Å². The molecule has 9 heteroatoms. The largest absolute Gasteiger partial charge is 0.332 e. The molecule has 1 aromatic heterocycles. The lowest BCUT2D eigenvalue weighted by Crippen LogP contribution is -2.44. The number of nitrogens with zero attached hydrogens (tertiary/aromatic N) is 3. The van der Waals surface area contributed by atoms with Crippen LogP contribution in [0.5, 0.6) is 0 Å². The summed E-state index contributed by atoms with van der Waals surface area (Å²) in [4.78, 5) is 35.4. The van der Waals surface area contributed by atoms with Gasteiger partial charge in [0.05, 0.1) is 24.5 Å². The molecule has 0 radical (unpaired) electrons. The van der Waals surface area contributed by atoms with Crippen molar-refractivity contribution >= 4 is 15.9 Å². The Morgan fingerprint density at radius 1 is 1.07 bits per heavy atom. The minimum absolute atomic E-state index is 0.0782. The Hall–Kier alpha value is -1.74. The summed E-state index contributed by atoms with van der Waals surface area (Å²) < 4.78 is 25.2. The van der Waals surface area contributed by atoms with Gasteiger partial charge in [0.15, 0.2) is 0 Å². The van der Waals surface area contributed by atoms with Crippen LogP contribution in [0.15, 0.2) is 4.79 Å². The first kappa shape index (κ1) is 20.5. The number of sulfonamides is 1. The summed E-state index contributed by atoms with van der Waals surface area (Å²) in [6.07, 6.45) is 9.55. The summed E-state index contributed by atoms with van der Waals surface area (Å²) in [5, 5.41) is 0. The fraction of sp³-hybridized carbons (Fsp3) is 0.750. The topological polar surface area (TPSA) is 103 Å². The molecule has 1 N–H and O–H groups in total. The number of nitrogens with one attached hydrogen (secondary N) is 1. The van der Waals surface area contributed by atoms with Crippen LogP contribution >= 0.6 is 0 Å². The van der Waals surface area contributed by atoms with Gasteiger partial charge < -0.3 is 9.88 Å². The Labute approximate surface area is 171 Å². The molecular formula is C20H30N4O4S. The second-order valence-electron chi connectivity index (χ2n) is 8.60. The van der Waals surface area contributed by atoms with Gasteiger partial charge in [0, 0.05) is 24.6 Å². The van der Waals surface area contributed by atoms with Crippen molar-refractivity contribution in [3.05, 3.63) is 27.4 Å². The second-order valence-corrected chi connectivity index (χ2v) is 10.6. The molecule has 4 rings (SSSR count). The minimum Gasteiger partial charge on any atom is -0.332 e. The van der Waals surface area contributed by atoms with Crippen LogP contribution in [0.4, 0.5) is 0 Å². The van der Waals surface area contributed by atoms with Gasteiger partial charge >= 0.3 is 0 Å². The van der Waals surface area contributed by atoms with Gasteiger partial charge in [-0.1, -0.05) is 19.3 Å². The lowest BCUT2D eigenvalue weighted by molar-refractivity contribution is -0.140. The Kier molecular flexibility index (Phi) is 5.79. The number of carbonyl (C=O) groups is 1. The van der Waals surface area contributed by atoms with Crippen molar-refractivity contribution in [2.24, 2.45) is 5.92 Å². The van der Waals surface area contributed by atoms with E-state index < -0.39 is 10.0 Å². The van der Waals surface area contributed by atoms with Crippen LogP contribution in [0.2, 0.25) is 0 Å². The van der Waals surface area contributed by atoms with E-state index in [1.54, 1.807) is 0 Å². The molecule has 1 atom stereocenters. The SMILES string of the molecule is CS(=O)(=O)N1CCc2c(nc([C@H]3CCCCN3C(=O)C3CCCCC3)[nH]c2=O)C1. The van der Waals surface area contributed by atoms with E-state index in [9.17, 15) is 18.0 Å². The van der Waals surface area contributed by atoms with Crippen LogP contribution < -0.4 is 5.56 Å². The van der Waals surface area contributed by atoms with Crippen molar-refractivity contribution in [1.82, 2.24) is 19.2 Å². The first-order valence-electron chi connectivity index (χ1n) is 10.7. The van der Waals surface area contributed by atoms with Crippen LogP contribution in [0.25, 0.3) is 0 Å². The standard InChI is InChI=1S/C20H30N4O4S/c1-29(27,28)23-12-10-15-16(13-23)21-18(22-19(15)25)17-9-5-6-11-24(17)20(26)14-7-3-2-4-8-14/h14,17H,2-13H2,1H3,(H,21,22,25)/t17-/m1/s1. The highest BCUT2D eigenvalue weighted by molar-refractivity contribution is 7.88. The number of hydrogen-bond donors (Lipinski definition) is 1. The number of piperidine rings is 1. The Morgan fingerprint density at radius 2 is 1.79 bits per heavy atom. The van der Waals surface area contributed by atoms with Gasteiger partial charge in [0.25, 0.3) is 5.56 Å². The highest BCUT2D eigenvalue weighted by Gasteiger charge is 2.35. The normalized spacial score (nSPS) is 24.3. The van der Waals surface area contributed by atoms with E-state index in [1.807, 2.05) is 4.90 Å². The zero-order valence-electron chi connectivity index (χ0n) is 17.0. The molecule has 0 aromatic carbocycles. The van der Waals surface area contributed by atoms with Crippen molar-refractivity contribution in [2.75, 3.05) is 19.3 Å². The molecule has 1 aliphatic carbocycles. The Balaban J connectivity index is 1.63. The van der Waals surface area contributed by atoms with E-state index in [-0.39, 0.29) is 30.0 Å². The summed E-state index contributed by atoms with van der Waals surface area (Å²) in [7, 11) is -3.34. The molecule has 1 saturated heterocycles. The molecule has 2 fully saturated rings. The van der Waals surface area contributed by atoms with Gasteiger partial charge in [-0.3, -0.25) is 9.59 Å². The number of amides is 1. The zero-order valence-corrected chi connectivity index (χ0v) is 17.8. The average molecular weight is 423 g/mol. The van der Waals surface area contributed by atoms with E-state index in [0.717, 1.165) is 44.9 Å². The van der Waals surface area contributed by atoms with Crippen molar-refractivity contribution in [1.29, 1.82) is 0 Å². The van der Waals surface area contributed by atoms with Gasteiger partial charge in [-0.2, -0.15) is 4.31 Å². The lowest BCUT2D eigenvalue weighted by atomic mass is 9.87. The maximum Gasteiger partial charge on any atom is 0.254 e. The number of carbonyl (C=O) groups excluding carboxylic acids is 1. The molecule has 3 heterocycles. The first-order chi connectivity index (χ1) is 13.8. The summed E-state index contributed by atoms with van der Waals surface area (Å²) in [5.41, 5.74) is 0.888. The molecule has 160 valence electrons. The number of aromatic amines is 1. The number of likely N-dealkylation sites (tertiary alicyclic amines) is 1. The zero-order chi connectivity index (χ0) is 20.6.